The van der Waals surface area contributed by atoms with E-state index in [0.717, 1.165) is 36.4 Å². The summed E-state index contributed by atoms with van der Waals surface area (Å²) in [7, 11) is 0. The smallest absolute Gasteiger partial charge is 0.328 e. The minimum Gasteiger partial charge on any atom is -0.388 e. The monoisotopic (exact) mass is 568 g/mol. The van der Waals surface area contributed by atoms with Crippen LogP contribution in [0.2, 0.25) is 0 Å². The second kappa shape index (κ2) is 11.3. The normalized spacial score (nSPS) is 19.7. The number of aliphatic hydroxyl groups is 1. The molecule has 0 bridgehead atoms. The van der Waals surface area contributed by atoms with Gasteiger partial charge < -0.3 is 15.7 Å². The molecular formula is C34H40N4O4. The Balaban J connectivity index is 0.000000244. The number of hydrogen-bond acceptors (Lipinski definition) is 5. The molecule has 0 unspecified atom stereocenters. The summed E-state index contributed by atoms with van der Waals surface area (Å²) < 4.78 is 0. The van der Waals surface area contributed by atoms with Gasteiger partial charge in [-0.25, -0.2) is 9.69 Å². The van der Waals surface area contributed by atoms with Gasteiger partial charge in [-0.05, 0) is 69.4 Å². The average Bonchev–Trinajstić information content (AvgIpc) is 3.34. The first-order valence-electron chi connectivity index (χ1n) is 14.5. The first-order chi connectivity index (χ1) is 19.9. The molecule has 0 atom stereocenters. The number of anilines is 2. The fourth-order valence-corrected chi connectivity index (χ4v) is 5.91. The van der Waals surface area contributed by atoms with Crippen LogP contribution in [-0.2, 0) is 27.0 Å². The van der Waals surface area contributed by atoms with Crippen molar-refractivity contribution in [1.82, 2.24) is 10.2 Å². The molecule has 0 aromatic heterocycles. The maximum absolute atomic E-state index is 12.9. The minimum absolute atomic E-state index is 0.0868. The zero-order valence-electron chi connectivity index (χ0n) is 24.8. The van der Waals surface area contributed by atoms with E-state index >= 15 is 0 Å². The summed E-state index contributed by atoms with van der Waals surface area (Å²) in [6.07, 6.45) is 1.16. The second-order valence-electron chi connectivity index (χ2n) is 12.6. The van der Waals surface area contributed by atoms with Gasteiger partial charge in [0.15, 0.2) is 0 Å². The fraction of sp³-hybridized carbons (Fsp3) is 0.382. The van der Waals surface area contributed by atoms with Gasteiger partial charge in [-0.3, -0.25) is 14.5 Å². The summed E-state index contributed by atoms with van der Waals surface area (Å²) >= 11 is 0. The summed E-state index contributed by atoms with van der Waals surface area (Å²) in [6, 6.07) is 25.0. The minimum atomic E-state index is -0.958. The second-order valence-corrected chi connectivity index (χ2v) is 12.6. The standard InChI is InChI=1S/C24H29N3O3.C10H11NO/c1-23(2)19-10-6-7-11-20(19)27(21(23)28)22(29)25-17-24(30)12-14-26(15-13-24)16-18-8-4-3-5-9-18;1-10(2)7-5-3-4-6-8(7)11-9(10)12/h3-11,30H,12-17H2,1-2H3,(H,25,29);3-6H,1-2H3,(H,11,12). The van der Waals surface area contributed by atoms with Crippen molar-refractivity contribution in [3.05, 3.63) is 95.6 Å². The van der Waals surface area contributed by atoms with Crippen LogP contribution in [0.1, 0.15) is 57.2 Å². The molecule has 4 amide bonds. The Hall–Kier alpha value is -4.01. The van der Waals surface area contributed by atoms with Crippen LogP contribution in [0.15, 0.2) is 78.9 Å². The van der Waals surface area contributed by atoms with Crippen molar-refractivity contribution in [2.24, 2.45) is 0 Å². The average molecular weight is 569 g/mol. The molecule has 3 heterocycles. The van der Waals surface area contributed by atoms with Gasteiger partial charge in [-0.2, -0.15) is 0 Å². The van der Waals surface area contributed by atoms with Crippen LogP contribution in [0.3, 0.4) is 0 Å². The van der Waals surface area contributed by atoms with E-state index < -0.39 is 17.0 Å². The molecule has 3 aliphatic heterocycles. The maximum Gasteiger partial charge on any atom is 0.328 e. The van der Waals surface area contributed by atoms with Crippen molar-refractivity contribution in [2.45, 2.75) is 63.5 Å². The Labute approximate surface area is 247 Å². The number of urea groups is 1. The summed E-state index contributed by atoms with van der Waals surface area (Å²) in [5.41, 5.74) is 2.70. The number of hydrogen-bond donors (Lipinski definition) is 3. The number of carbonyl (C=O) groups excluding carboxylic acids is 3. The Kier molecular flexibility index (Phi) is 7.96. The summed E-state index contributed by atoms with van der Waals surface area (Å²) in [5, 5.41) is 16.6. The number of nitrogens with one attached hydrogen (secondary N) is 2. The number of fused-ring (bicyclic) bond motifs is 2. The molecule has 220 valence electrons. The van der Waals surface area contributed by atoms with Crippen LogP contribution in [0.5, 0.6) is 0 Å². The highest BCUT2D eigenvalue weighted by atomic mass is 16.3. The summed E-state index contributed by atoms with van der Waals surface area (Å²) in [4.78, 5) is 40.7. The molecule has 42 heavy (non-hydrogen) atoms. The van der Waals surface area contributed by atoms with Crippen LogP contribution >= 0.6 is 0 Å². The predicted molar refractivity (Wildman–Crippen MR) is 164 cm³/mol. The molecule has 8 nitrogen and oxygen atoms in total. The van der Waals surface area contributed by atoms with Crippen molar-refractivity contribution in [3.63, 3.8) is 0 Å². The van der Waals surface area contributed by atoms with Gasteiger partial charge in [-0.1, -0.05) is 66.7 Å². The van der Waals surface area contributed by atoms with Gasteiger partial charge in [0.25, 0.3) is 0 Å². The number of rotatable bonds is 4. The van der Waals surface area contributed by atoms with E-state index in [2.05, 4.69) is 27.7 Å². The third-order valence-electron chi connectivity index (χ3n) is 8.78. The van der Waals surface area contributed by atoms with Crippen molar-refractivity contribution in [1.29, 1.82) is 0 Å². The Morgan fingerprint density at radius 2 is 1.43 bits per heavy atom. The SMILES string of the molecule is CC1(C)C(=O)N(C(=O)NCC2(O)CCN(Cc3ccccc3)CC2)c2ccccc21.CC1(C)C(=O)Nc2ccccc21. The van der Waals surface area contributed by atoms with Gasteiger partial charge in [0.1, 0.15) is 0 Å². The highest BCUT2D eigenvalue weighted by Gasteiger charge is 2.47. The Morgan fingerprint density at radius 1 is 0.833 bits per heavy atom. The number of para-hydroxylation sites is 2. The number of carbonyl (C=O) groups is 3. The molecule has 3 aliphatic rings. The van der Waals surface area contributed by atoms with E-state index in [1.807, 2.05) is 88.4 Å². The molecule has 3 aromatic carbocycles. The fourth-order valence-electron chi connectivity index (χ4n) is 5.91. The van der Waals surface area contributed by atoms with E-state index in [-0.39, 0.29) is 23.8 Å². The van der Waals surface area contributed by atoms with Crippen LogP contribution in [0.25, 0.3) is 0 Å². The molecule has 3 N–H and O–H groups in total. The third kappa shape index (κ3) is 5.69. The number of nitrogens with zero attached hydrogens (tertiary/aromatic N) is 2. The molecule has 0 aliphatic carbocycles. The van der Waals surface area contributed by atoms with Crippen LogP contribution in [-0.4, -0.2) is 53.1 Å². The molecule has 3 aromatic rings. The lowest BCUT2D eigenvalue weighted by atomic mass is 9.86. The molecule has 1 saturated heterocycles. The molecule has 0 radical (unpaired) electrons. The molecule has 1 fully saturated rings. The third-order valence-corrected chi connectivity index (χ3v) is 8.78. The number of imide groups is 1. The van der Waals surface area contributed by atoms with Gasteiger partial charge in [0.2, 0.25) is 11.8 Å². The lowest BCUT2D eigenvalue weighted by Crippen LogP contribution is -2.54. The molecular weight excluding hydrogens is 528 g/mol. The number of amides is 4. The van der Waals surface area contributed by atoms with Gasteiger partial charge in [0.05, 0.1) is 22.1 Å². The summed E-state index contributed by atoms with van der Waals surface area (Å²) in [5.74, 6) is -0.158. The Bertz CT molecular complexity index is 1480. The molecule has 0 saturated carbocycles. The van der Waals surface area contributed by atoms with Crippen molar-refractivity contribution in [3.8, 4) is 0 Å². The van der Waals surface area contributed by atoms with Crippen LogP contribution in [0.4, 0.5) is 16.2 Å². The lowest BCUT2D eigenvalue weighted by Gasteiger charge is -2.38. The first-order valence-corrected chi connectivity index (χ1v) is 14.5. The van der Waals surface area contributed by atoms with Gasteiger partial charge in [-0.15, -0.1) is 0 Å². The van der Waals surface area contributed by atoms with Crippen molar-refractivity contribution in [2.75, 3.05) is 29.9 Å². The number of likely N-dealkylation sites (tertiary alicyclic amines) is 1. The van der Waals surface area contributed by atoms with E-state index in [4.69, 9.17) is 0 Å². The van der Waals surface area contributed by atoms with Crippen LogP contribution in [0, 0.1) is 0 Å². The van der Waals surface area contributed by atoms with E-state index in [0.29, 0.717) is 18.5 Å². The molecule has 6 rings (SSSR count). The first kappa shape index (κ1) is 29.5. The Morgan fingerprint density at radius 3 is 2.10 bits per heavy atom. The van der Waals surface area contributed by atoms with Crippen LogP contribution < -0.4 is 15.5 Å². The lowest BCUT2D eigenvalue weighted by molar-refractivity contribution is -0.121. The van der Waals surface area contributed by atoms with Crippen molar-refractivity contribution < 1.29 is 19.5 Å². The highest BCUT2D eigenvalue weighted by Crippen LogP contribution is 2.41. The van der Waals surface area contributed by atoms with E-state index in [1.165, 1.54) is 10.5 Å². The maximum atomic E-state index is 12.9. The van der Waals surface area contributed by atoms with Gasteiger partial charge >= 0.3 is 6.03 Å². The number of benzene rings is 3. The quantitative estimate of drug-likeness (QED) is 0.413. The zero-order valence-corrected chi connectivity index (χ0v) is 24.8. The van der Waals surface area contributed by atoms with Gasteiger partial charge in [0, 0.05) is 31.9 Å². The van der Waals surface area contributed by atoms with Crippen molar-refractivity contribution >= 4 is 29.2 Å². The van der Waals surface area contributed by atoms with E-state index in [1.54, 1.807) is 6.07 Å². The molecule has 8 heteroatoms. The predicted octanol–water partition coefficient (Wildman–Crippen LogP) is 4.96. The number of piperidine rings is 1. The highest BCUT2D eigenvalue weighted by molar-refractivity contribution is 6.22. The summed E-state index contributed by atoms with van der Waals surface area (Å²) in [6.45, 7) is 10.1. The largest absolute Gasteiger partial charge is 0.388 e. The molecule has 0 spiro atoms. The van der Waals surface area contributed by atoms with E-state index in [9.17, 15) is 19.5 Å². The zero-order chi connectivity index (χ0) is 30.1. The topological polar surface area (TPSA) is 102 Å².